The van der Waals surface area contributed by atoms with Gasteiger partial charge in [-0.3, -0.25) is 4.79 Å². The van der Waals surface area contributed by atoms with Crippen molar-refractivity contribution in [3.05, 3.63) is 5.92 Å². The first-order chi connectivity index (χ1) is 4.62. The van der Waals surface area contributed by atoms with Crippen LogP contribution >= 0.6 is 0 Å². The maximum atomic E-state index is 11.2. The van der Waals surface area contributed by atoms with Crippen LogP contribution in [0.1, 0.15) is 33.1 Å². The summed E-state index contributed by atoms with van der Waals surface area (Å²) in [6.45, 7) is 4.43. The van der Waals surface area contributed by atoms with Gasteiger partial charge in [-0.1, -0.05) is 13.8 Å². The lowest BCUT2D eigenvalue weighted by Gasteiger charge is -2.21. The van der Waals surface area contributed by atoms with Gasteiger partial charge in [-0.15, -0.1) is 0 Å². The smallest absolute Gasteiger partial charge is 0.137 e. The quantitative estimate of drug-likeness (QED) is 0.499. The zero-order valence-corrected chi connectivity index (χ0v) is 6.61. The number of hydrogen-bond donors (Lipinski definition) is 0. The molecular weight excluding hydrogens is 124 g/mol. The molecule has 0 aromatic carbocycles. The monoisotopic (exact) mass is 137 g/mol. The van der Waals surface area contributed by atoms with Crippen molar-refractivity contribution in [2.45, 2.75) is 33.1 Å². The number of carbonyl (C=O) groups is 1. The van der Waals surface area contributed by atoms with Crippen LogP contribution in [0.25, 0.3) is 0 Å². The fraction of sp³-hybridized carbons (Fsp3) is 0.778. The lowest BCUT2D eigenvalue weighted by Crippen LogP contribution is -2.18. The second-order valence-electron chi connectivity index (χ2n) is 4.06. The highest BCUT2D eigenvalue weighted by Gasteiger charge is 2.53. The van der Waals surface area contributed by atoms with Crippen LogP contribution in [-0.2, 0) is 4.79 Å². The Hall–Kier alpha value is -0.330. The second kappa shape index (κ2) is 1.63. The summed E-state index contributed by atoms with van der Waals surface area (Å²) >= 11 is 0. The van der Waals surface area contributed by atoms with E-state index in [9.17, 15) is 4.79 Å². The summed E-state index contributed by atoms with van der Waals surface area (Å²) < 4.78 is 0. The lowest BCUT2D eigenvalue weighted by atomic mass is 9.82. The highest BCUT2D eigenvalue weighted by atomic mass is 16.1. The summed E-state index contributed by atoms with van der Waals surface area (Å²) in [5, 5.41) is 0. The van der Waals surface area contributed by atoms with Crippen molar-refractivity contribution >= 4 is 5.78 Å². The van der Waals surface area contributed by atoms with E-state index in [-0.39, 0.29) is 5.41 Å². The molecular formula is C9H13O. The Labute approximate surface area is 61.8 Å². The molecule has 2 aliphatic rings. The Morgan fingerprint density at radius 3 is 2.40 bits per heavy atom. The van der Waals surface area contributed by atoms with E-state index >= 15 is 0 Å². The molecule has 0 N–H and O–H groups in total. The Bertz CT molecular complexity index is 181. The summed E-state index contributed by atoms with van der Waals surface area (Å²) in [5.41, 5.74) is 0.261. The van der Waals surface area contributed by atoms with Gasteiger partial charge in [0.05, 0.1) is 0 Å². The molecule has 10 heavy (non-hydrogen) atoms. The highest BCUT2D eigenvalue weighted by molar-refractivity contribution is 5.88. The molecule has 1 unspecified atom stereocenters. The summed E-state index contributed by atoms with van der Waals surface area (Å²) in [7, 11) is 0. The maximum Gasteiger partial charge on any atom is 0.137 e. The normalized spacial score (nSPS) is 37.4. The third-order valence-corrected chi connectivity index (χ3v) is 3.29. The molecule has 2 rings (SSSR count). The van der Waals surface area contributed by atoms with Crippen molar-refractivity contribution < 1.29 is 4.79 Å². The average Bonchev–Trinajstić information content (AvgIpc) is 2.20. The predicted molar refractivity (Wildman–Crippen MR) is 39.4 cm³/mol. The van der Waals surface area contributed by atoms with E-state index in [0.717, 1.165) is 12.8 Å². The van der Waals surface area contributed by atoms with Crippen LogP contribution < -0.4 is 0 Å². The van der Waals surface area contributed by atoms with Gasteiger partial charge in [-0.05, 0) is 24.2 Å². The molecule has 55 valence electrons. The van der Waals surface area contributed by atoms with Crippen LogP contribution in [0, 0.1) is 17.3 Å². The number of carbonyl (C=O) groups excluding carboxylic acids is 1. The van der Waals surface area contributed by atoms with E-state index in [1.54, 1.807) is 0 Å². The van der Waals surface area contributed by atoms with E-state index < -0.39 is 0 Å². The molecule has 0 saturated heterocycles. The van der Waals surface area contributed by atoms with Crippen molar-refractivity contribution in [2.75, 3.05) is 0 Å². The van der Waals surface area contributed by atoms with Gasteiger partial charge in [0.25, 0.3) is 0 Å². The van der Waals surface area contributed by atoms with Gasteiger partial charge in [0, 0.05) is 12.3 Å². The molecule has 1 nitrogen and oxygen atoms in total. The van der Waals surface area contributed by atoms with Crippen LogP contribution in [0.5, 0.6) is 0 Å². The standard InChI is InChI=1S/C9H13O/c1-9(2)6-3-4-7(9)8(10)5-6/h7H,3-5H2,1-2H3. The van der Waals surface area contributed by atoms with Gasteiger partial charge in [0.1, 0.15) is 5.78 Å². The SMILES string of the molecule is CC1(C)[C]2CCC1C(=O)C2. The van der Waals surface area contributed by atoms with Crippen LogP contribution in [0.2, 0.25) is 0 Å². The van der Waals surface area contributed by atoms with Crippen molar-refractivity contribution in [3.8, 4) is 0 Å². The third-order valence-electron chi connectivity index (χ3n) is 3.29. The minimum atomic E-state index is 0.261. The molecule has 2 fully saturated rings. The van der Waals surface area contributed by atoms with E-state index in [1.165, 1.54) is 12.3 Å². The number of hydrogen-bond acceptors (Lipinski definition) is 1. The topological polar surface area (TPSA) is 17.1 Å². The molecule has 2 aliphatic carbocycles. The maximum absolute atomic E-state index is 11.2. The molecule has 0 heterocycles. The van der Waals surface area contributed by atoms with Gasteiger partial charge in [-0.25, -0.2) is 0 Å². The van der Waals surface area contributed by atoms with E-state index in [0.29, 0.717) is 11.7 Å². The van der Waals surface area contributed by atoms with Crippen molar-refractivity contribution in [1.29, 1.82) is 0 Å². The molecule has 2 bridgehead atoms. The molecule has 0 aromatic heterocycles. The predicted octanol–water partition coefficient (Wildman–Crippen LogP) is 1.97. The molecule has 1 atom stereocenters. The highest BCUT2D eigenvalue weighted by Crippen LogP contribution is 2.56. The van der Waals surface area contributed by atoms with E-state index in [1.807, 2.05) is 0 Å². The second-order valence-corrected chi connectivity index (χ2v) is 4.06. The molecule has 1 radical (unpaired) electrons. The van der Waals surface area contributed by atoms with Gasteiger partial charge in [0.2, 0.25) is 0 Å². The minimum absolute atomic E-state index is 0.261. The van der Waals surface area contributed by atoms with Crippen LogP contribution in [0.15, 0.2) is 0 Å². The number of fused-ring (bicyclic) bond motifs is 2. The Morgan fingerprint density at radius 1 is 1.50 bits per heavy atom. The fourth-order valence-corrected chi connectivity index (χ4v) is 2.46. The lowest BCUT2D eigenvalue weighted by molar-refractivity contribution is -0.122. The summed E-state index contributed by atoms with van der Waals surface area (Å²) in [5.74, 6) is 2.37. The number of Topliss-reactive ketones (excluding diaryl/α,β-unsaturated/α-hetero) is 1. The molecule has 0 aromatic rings. The van der Waals surface area contributed by atoms with Gasteiger partial charge < -0.3 is 0 Å². The minimum Gasteiger partial charge on any atom is -0.299 e. The largest absolute Gasteiger partial charge is 0.299 e. The fourth-order valence-electron chi connectivity index (χ4n) is 2.46. The first kappa shape index (κ1) is 6.38. The summed E-state index contributed by atoms with van der Waals surface area (Å²) in [4.78, 5) is 11.2. The van der Waals surface area contributed by atoms with Crippen LogP contribution in [0.4, 0.5) is 0 Å². The Morgan fingerprint density at radius 2 is 2.20 bits per heavy atom. The third kappa shape index (κ3) is 0.561. The Kier molecular flexibility index (Phi) is 1.04. The first-order valence-electron chi connectivity index (χ1n) is 4.00. The van der Waals surface area contributed by atoms with Gasteiger partial charge >= 0.3 is 0 Å². The number of rotatable bonds is 0. The molecule has 0 aliphatic heterocycles. The van der Waals surface area contributed by atoms with Crippen LogP contribution in [-0.4, -0.2) is 5.78 Å². The van der Waals surface area contributed by atoms with E-state index in [4.69, 9.17) is 0 Å². The molecule has 0 spiro atoms. The summed E-state index contributed by atoms with van der Waals surface area (Å²) in [6, 6.07) is 0. The van der Waals surface area contributed by atoms with Crippen molar-refractivity contribution in [3.63, 3.8) is 0 Å². The van der Waals surface area contributed by atoms with Crippen molar-refractivity contribution in [2.24, 2.45) is 11.3 Å². The average molecular weight is 137 g/mol. The first-order valence-corrected chi connectivity index (χ1v) is 4.00. The van der Waals surface area contributed by atoms with Gasteiger partial charge in [0.15, 0.2) is 0 Å². The molecule has 0 amide bonds. The molecule has 1 heteroatoms. The Balaban J connectivity index is 2.35. The van der Waals surface area contributed by atoms with Crippen LogP contribution in [0.3, 0.4) is 0 Å². The molecule has 2 saturated carbocycles. The zero-order valence-electron chi connectivity index (χ0n) is 6.61. The van der Waals surface area contributed by atoms with Crippen molar-refractivity contribution in [1.82, 2.24) is 0 Å². The van der Waals surface area contributed by atoms with E-state index in [2.05, 4.69) is 13.8 Å². The van der Waals surface area contributed by atoms with Gasteiger partial charge in [-0.2, -0.15) is 0 Å². The number of ketones is 1. The zero-order chi connectivity index (χ0) is 7.35. The summed E-state index contributed by atoms with van der Waals surface area (Å²) in [6.07, 6.45) is 3.13.